The number of aliphatic hydroxyl groups excluding tert-OH is 2. The molecule has 4 rings (SSSR count). The number of phenolic OH excluding ortho intramolecular Hbond substituents is 1. The highest BCUT2D eigenvalue weighted by atomic mass is 16.3. The molecule has 13 nitrogen and oxygen atoms in total. The number of hydrogen-bond donors (Lipinski definition) is 7. The summed E-state index contributed by atoms with van der Waals surface area (Å²) in [6.45, 7) is 5.60. The lowest BCUT2D eigenvalue weighted by Crippen LogP contribution is -2.63. The maximum atomic E-state index is 14.1. The van der Waals surface area contributed by atoms with Crippen LogP contribution in [0, 0.1) is 11.8 Å². The van der Waals surface area contributed by atoms with Crippen LogP contribution in [-0.2, 0) is 20.8 Å². The standard InChI is InChI=1S/C29H39N5O8/c1-28(2,3)31-11-17(35)32-15-10-16(33(4)5)13-8-12-9-14-21(34(6)7)24(38)20(27(30)41)26(40)29(14,42)25(39)18(12)23(37)19(13)22(15)36/h10,12,14,21,31,36,38-39,42H,8-9,11H2,1-7H3,(H2,30,41)(H,32,35)/t12-,14-,21-,29+/m1/s1. The molecular formula is C29H39N5O8. The molecule has 0 fully saturated rings. The Bertz CT molecular complexity index is 1450. The summed E-state index contributed by atoms with van der Waals surface area (Å²) in [4.78, 5) is 55.6. The number of nitrogens with one attached hydrogen (secondary N) is 2. The number of aliphatic hydroxyl groups is 3. The van der Waals surface area contributed by atoms with Crippen LogP contribution in [0.3, 0.4) is 0 Å². The van der Waals surface area contributed by atoms with Crippen LogP contribution in [0.25, 0.3) is 0 Å². The number of aromatic hydroxyl groups is 1. The number of nitrogens with two attached hydrogens (primary N) is 1. The number of benzene rings is 1. The number of anilines is 2. The van der Waals surface area contributed by atoms with Gasteiger partial charge >= 0.3 is 0 Å². The van der Waals surface area contributed by atoms with Gasteiger partial charge in [-0.1, -0.05) is 0 Å². The van der Waals surface area contributed by atoms with Crippen LogP contribution < -0.4 is 21.3 Å². The van der Waals surface area contributed by atoms with E-state index in [1.807, 2.05) is 20.8 Å². The fourth-order valence-electron chi connectivity index (χ4n) is 6.33. The highest BCUT2D eigenvalue weighted by Crippen LogP contribution is 2.53. The Kier molecular flexibility index (Phi) is 7.68. The zero-order chi connectivity index (χ0) is 31.6. The van der Waals surface area contributed by atoms with Crippen molar-refractivity contribution in [3.8, 4) is 5.75 Å². The van der Waals surface area contributed by atoms with Gasteiger partial charge in [-0.15, -0.1) is 0 Å². The summed E-state index contributed by atoms with van der Waals surface area (Å²) in [5.41, 5.74) is 1.96. The lowest BCUT2D eigenvalue weighted by atomic mass is 9.58. The van der Waals surface area contributed by atoms with Crippen molar-refractivity contribution in [3.63, 3.8) is 0 Å². The maximum absolute atomic E-state index is 14.1. The van der Waals surface area contributed by atoms with Crippen molar-refractivity contribution in [2.45, 2.75) is 50.8 Å². The van der Waals surface area contributed by atoms with Crippen molar-refractivity contribution in [1.82, 2.24) is 10.2 Å². The van der Waals surface area contributed by atoms with E-state index in [4.69, 9.17) is 5.73 Å². The average Bonchev–Trinajstić information content (AvgIpc) is 2.85. The van der Waals surface area contributed by atoms with Gasteiger partial charge in [0.1, 0.15) is 17.1 Å². The van der Waals surface area contributed by atoms with E-state index < -0.39 is 69.7 Å². The number of ketones is 2. The number of fused-ring (bicyclic) bond motifs is 3. The summed E-state index contributed by atoms with van der Waals surface area (Å²) in [6, 6.07) is 0.487. The fourth-order valence-corrected chi connectivity index (χ4v) is 6.33. The van der Waals surface area contributed by atoms with Gasteiger partial charge in [0.05, 0.1) is 23.8 Å². The van der Waals surface area contributed by atoms with Gasteiger partial charge in [-0.3, -0.25) is 24.1 Å². The highest BCUT2D eigenvalue weighted by Gasteiger charge is 2.63. The number of hydrogen-bond acceptors (Lipinski definition) is 11. The summed E-state index contributed by atoms with van der Waals surface area (Å²) < 4.78 is 0. The van der Waals surface area contributed by atoms with E-state index in [1.165, 1.54) is 4.90 Å². The Morgan fingerprint density at radius 2 is 1.74 bits per heavy atom. The normalized spacial score (nSPS) is 25.7. The van der Waals surface area contributed by atoms with Crippen LogP contribution in [0.5, 0.6) is 5.75 Å². The molecule has 0 unspecified atom stereocenters. The smallest absolute Gasteiger partial charge is 0.255 e. The van der Waals surface area contributed by atoms with E-state index in [9.17, 15) is 39.6 Å². The Morgan fingerprint density at radius 1 is 1.12 bits per heavy atom. The van der Waals surface area contributed by atoms with Gasteiger partial charge in [-0.05, 0) is 65.3 Å². The lowest BCUT2D eigenvalue weighted by molar-refractivity contribution is -0.148. The van der Waals surface area contributed by atoms with Crippen LogP contribution in [0.2, 0.25) is 0 Å². The second-order valence-corrected chi connectivity index (χ2v) is 12.7. The minimum Gasteiger partial charge on any atom is -0.510 e. The molecule has 0 saturated heterocycles. The number of allylic oxidation sites excluding steroid dienone is 1. The third kappa shape index (κ3) is 4.80. The van der Waals surface area contributed by atoms with Crippen LogP contribution >= 0.6 is 0 Å². The first-order valence-corrected chi connectivity index (χ1v) is 13.6. The minimum absolute atomic E-state index is 0.0175. The van der Waals surface area contributed by atoms with E-state index >= 15 is 0 Å². The van der Waals surface area contributed by atoms with Gasteiger partial charge in [-0.2, -0.15) is 0 Å². The molecule has 0 aliphatic heterocycles. The zero-order valence-corrected chi connectivity index (χ0v) is 24.8. The van der Waals surface area contributed by atoms with E-state index in [0.29, 0.717) is 11.3 Å². The highest BCUT2D eigenvalue weighted by molar-refractivity contribution is 6.25. The Morgan fingerprint density at radius 3 is 2.26 bits per heavy atom. The van der Waals surface area contributed by atoms with Crippen LogP contribution in [0.4, 0.5) is 11.4 Å². The second kappa shape index (κ2) is 10.4. The number of carbonyl (C=O) groups is 4. The first-order chi connectivity index (χ1) is 19.3. The molecule has 3 aliphatic rings. The molecular weight excluding hydrogens is 546 g/mol. The SMILES string of the molecule is CN(C)c1cc(NC(=O)CNC(C)(C)C)c(O)c2c1C[C@@H]1C[C@@H]3[C@@H](N(C)C)C(O)=C(C(N)=O)C(=O)[C@@]3(O)C(O)=C1C2=O. The number of likely N-dealkylation sites (N-methyl/N-ethyl adjacent to an activating group) is 1. The molecule has 0 spiro atoms. The molecule has 0 saturated carbocycles. The molecule has 0 aromatic heterocycles. The van der Waals surface area contributed by atoms with Crippen LogP contribution in [-0.4, -0.2) is 101 Å². The zero-order valence-electron chi connectivity index (χ0n) is 24.8. The van der Waals surface area contributed by atoms with Gasteiger partial charge < -0.3 is 41.7 Å². The Labute approximate surface area is 243 Å². The quantitative estimate of drug-likeness (QED) is 0.181. The fraction of sp³-hybridized carbons (Fsp3) is 0.517. The largest absolute Gasteiger partial charge is 0.510 e. The first-order valence-electron chi connectivity index (χ1n) is 13.6. The number of carbonyl (C=O) groups excluding carboxylic acids is 4. The molecule has 2 amide bonds. The molecule has 4 atom stereocenters. The average molecular weight is 586 g/mol. The third-order valence-electron chi connectivity index (χ3n) is 8.23. The summed E-state index contributed by atoms with van der Waals surface area (Å²) in [5, 5.41) is 51.1. The summed E-state index contributed by atoms with van der Waals surface area (Å²) in [7, 11) is 6.62. The van der Waals surface area contributed by atoms with E-state index in [2.05, 4.69) is 10.6 Å². The molecule has 1 aromatic rings. The monoisotopic (exact) mass is 585 g/mol. The van der Waals surface area contributed by atoms with Gasteiger partial charge in [0, 0.05) is 36.8 Å². The van der Waals surface area contributed by atoms with Crippen molar-refractivity contribution >= 4 is 34.8 Å². The number of nitrogens with zero attached hydrogens (tertiary/aromatic N) is 2. The summed E-state index contributed by atoms with van der Waals surface area (Å²) in [6.07, 6.45) is 0.117. The second-order valence-electron chi connectivity index (χ2n) is 12.7. The van der Waals surface area contributed by atoms with Gasteiger partial charge in [0.15, 0.2) is 17.1 Å². The first kappa shape index (κ1) is 31.0. The number of rotatable bonds is 6. The summed E-state index contributed by atoms with van der Waals surface area (Å²) in [5.74, 6) is -7.79. The molecule has 0 radical (unpaired) electrons. The Balaban J connectivity index is 1.87. The molecule has 3 aliphatic carbocycles. The van der Waals surface area contributed by atoms with Crippen LogP contribution in [0.15, 0.2) is 28.7 Å². The summed E-state index contributed by atoms with van der Waals surface area (Å²) >= 11 is 0. The van der Waals surface area contributed by atoms with Gasteiger partial charge in [0.2, 0.25) is 11.7 Å². The molecule has 0 bridgehead atoms. The number of primary amides is 1. The van der Waals surface area contributed by atoms with E-state index in [-0.39, 0.29) is 41.7 Å². The molecule has 1 aromatic carbocycles. The van der Waals surface area contributed by atoms with Crippen molar-refractivity contribution in [2.75, 3.05) is 45.0 Å². The molecule has 228 valence electrons. The number of amides is 2. The topological polar surface area (TPSA) is 206 Å². The maximum Gasteiger partial charge on any atom is 0.255 e. The third-order valence-corrected chi connectivity index (χ3v) is 8.23. The lowest BCUT2D eigenvalue weighted by Gasteiger charge is -2.50. The number of Topliss-reactive ketones (excluding diaryl/α,β-unsaturated/α-hetero) is 2. The van der Waals surface area contributed by atoms with Crippen molar-refractivity contribution < 1.29 is 39.6 Å². The van der Waals surface area contributed by atoms with Gasteiger partial charge in [0.25, 0.3) is 5.91 Å². The molecule has 0 heterocycles. The van der Waals surface area contributed by atoms with Crippen LogP contribution in [0.1, 0.15) is 43.1 Å². The van der Waals surface area contributed by atoms with Gasteiger partial charge in [-0.25, -0.2) is 0 Å². The van der Waals surface area contributed by atoms with Crippen molar-refractivity contribution in [3.05, 3.63) is 39.9 Å². The van der Waals surface area contributed by atoms with E-state index in [1.54, 1.807) is 39.2 Å². The van der Waals surface area contributed by atoms with Crippen molar-refractivity contribution in [2.24, 2.45) is 17.6 Å². The predicted octanol–water partition coefficient (Wildman–Crippen LogP) is 0.513. The molecule has 42 heavy (non-hydrogen) atoms. The molecule has 8 N–H and O–H groups in total. The number of phenols is 1. The Hall–Kier alpha value is -3.94. The van der Waals surface area contributed by atoms with E-state index in [0.717, 1.165) is 0 Å². The molecule has 13 heteroatoms. The van der Waals surface area contributed by atoms with Crippen molar-refractivity contribution in [1.29, 1.82) is 0 Å². The predicted molar refractivity (Wildman–Crippen MR) is 154 cm³/mol. The minimum atomic E-state index is -2.73.